The Labute approximate surface area is 134 Å². The number of phenolic OH excluding ortho intramolecular Hbond substituents is 1. The zero-order valence-electron chi connectivity index (χ0n) is 10.7. The van der Waals surface area contributed by atoms with E-state index in [4.69, 9.17) is 11.6 Å². The minimum atomic E-state index is -0.211. The molecule has 0 fully saturated rings. The first-order valence-electron chi connectivity index (χ1n) is 5.54. The number of ketones is 1. The monoisotopic (exact) mass is 346 g/mol. The molecule has 8 heteroatoms. The van der Waals surface area contributed by atoms with Gasteiger partial charge in [0.1, 0.15) is 5.75 Å². The molecular weight excluding hydrogens is 336 g/mol. The number of thioether (sulfide) groups is 2. The standard InChI is InChI=1S/C12H11ClN2O2S3/c1-6(16)9-4-8(13)3-7(10(9)17)5-19-12-15-14-11(18-2)20-12/h3-4,17H,5H2,1-2H3. The zero-order chi connectivity index (χ0) is 14.7. The normalized spacial score (nSPS) is 10.8. The van der Waals surface area contributed by atoms with Crippen molar-refractivity contribution in [2.45, 2.75) is 21.4 Å². The van der Waals surface area contributed by atoms with E-state index in [9.17, 15) is 9.90 Å². The summed E-state index contributed by atoms with van der Waals surface area (Å²) >= 11 is 10.5. The number of hydrogen-bond acceptors (Lipinski definition) is 7. The van der Waals surface area contributed by atoms with Crippen molar-refractivity contribution in [1.82, 2.24) is 10.2 Å². The number of aromatic hydroxyl groups is 1. The molecular formula is C12H11ClN2O2S3. The van der Waals surface area contributed by atoms with Crippen LogP contribution in [0.2, 0.25) is 5.02 Å². The maximum absolute atomic E-state index is 11.4. The molecule has 20 heavy (non-hydrogen) atoms. The van der Waals surface area contributed by atoms with Gasteiger partial charge >= 0.3 is 0 Å². The second-order valence-corrected chi connectivity index (χ2v) is 7.53. The molecule has 1 N–H and O–H groups in total. The van der Waals surface area contributed by atoms with E-state index in [1.807, 2.05) is 6.26 Å². The molecule has 0 bridgehead atoms. The molecule has 2 aromatic rings. The van der Waals surface area contributed by atoms with E-state index < -0.39 is 0 Å². The smallest absolute Gasteiger partial charge is 0.175 e. The molecule has 1 aromatic carbocycles. The molecule has 0 atom stereocenters. The maximum atomic E-state index is 11.4. The molecule has 0 aliphatic rings. The van der Waals surface area contributed by atoms with Gasteiger partial charge in [0.05, 0.1) is 5.56 Å². The van der Waals surface area contributed by atoms with E-state index in [0.29, 0.717) is 16.3 Å². The molecule has 0 aliphatic heterocycles. The molecule has 0 spiro atoms. The minimum Gasteiger partial charge on any atom is -0.507 e. The van der Waals surface area contributed by atoms with E-state index >= 15 is 0 Å². The van der Waals surface area contributed by atoms with Gasteiger partial charge in [-0.2, -0.15) is 0 Å². The fourth-order valence-corrected chi connectivity index (χ4v) is 4.16. The van der Waals surface area contributed by atoms with Crippen LogP contribution in [0, 0.1) is 0 Å². The lowest BCUT2D eigenvalue weighted by molar-refractivity contribution is 0.101. The number of halogens is 1. The van der Waals surface area contributed by atoms with Gasteiger partial charge in [0.15, 0.2) is 14.5 Å². The lowest BCUT2D eigenvalue weighted by atomic mass is 10.1. The summed E-state index contributed by atoms with van der Waals surface area (Å²) in [5, 5.41) is 18.6. The highest BCUT2D eigenvalue weighted by molar-refractivity contribution is 8.02. The van der Waals surface area contributed by atoms with Gasteiger partial charge in [-0.05, 0) is 25.3 Å². The van der Waals surface area contributed by atoms with E-state index in [1.165, 1.54) is 47.9 Å². The topological polar surface area (TPSA) is 63.1 Å². The Hall–Kier alpha value is -0.760. The van der Waals surface area contributed by atoms with Crippen molar-refractivity contribution in [3.63, 3.8) is 0 Å². The Morgan fingerprint density at radius 3 is 2.70 bits per heavy atom. The summed E-state index contributed by atoms with van der Waals surface area (Å²) < 4.78 is 1.71. The van der Waals surface area contributed by atoms with Gasteiger partial charge in [0.2, 0.25) is 0 Å². The predicted octanol–water partition coefficient (Wildman–Crippen LogP) is 4.11. The third-order valence-corrected chi connectivity index (χ3v) is 5.75. The molecule has 0 saturated heterocycles. The zero-order valence-corrected chi connectivity index (χ0v) is 13.9. The molecule has 4 nitrogen and oxygen atoms in total. The summed E-state index contributed by atoms with van der Waals surface area (Å²) in [7, 11) is 0. The number of carbonyl (C=O) groups is 1. The number of phenols is 1. The van der Waals surface area contributed by atoms with Crippen molar-refractivity contribution >= 4 is 52.2 Å². The largest absolute Gasteiger partial charge is 0.507 e. The third-order valence-electron chi connectivity index (χ3n) is 2.45. The quantitative estimate of drug-likeness (QED) is 0.649. The molecule has 2 rings (SSSR count). The Bertz CT molecular complexity index is 646. The molecule has 1 heterocycles. The molecule has 1 aromatic heterocycles. The average Bonchev–Trinajstić information content (AvgIpc) is 2.87. The van der Waals surface area contributed by atoms with Crippen molar-refractivity contribution < 1.29 is 9.90 Å². The van der Waals surface area contributed by atoms with Crippen LogP contribution in [0.1, 0.15) is 22.8 Å². The average molecular weight is 347 g/mol. The lowest BCUT2D eigenvalue weighted by Crippen LogP contribution is -1.96. The fraction of sp³-hybridized carbons (Fsp3) is 0.250. The number of Topliss-reactive ketones (excluding diaryl/α,β-unsaturated/α-hetero) is 1. The Morgan fingerprint density at radius 2 is 2.10 bits per heavy atom. The van der Waals surface area contributed by atoms with Crippen molar-refractivity contribution in [2.24, 2.45) is 0 Å². The first kappa shape index (κ1) is 15.6. The molecule has 0 saturated carbocycles. The van der Waals surface area contributed by atoms with Crippen LogP contribution >= 0.6 is 46.5 Å². The van der Waals surface area contributed by atoms with Crippen LogP contribution in [0.4, 0.5) is 0 Å². The third kappa shape index (κ3) is 3.66. The van der Waals surface area contributed by atoms with E-state index in [2.05, 4.69) is 10.2 Å². The fourth-order valence-electron chi connectivity index (χ4n) is 1.51. The van der Waals surface area contributed by atoms with E-state index in [-0.39, 0.29) is 17.1 Å². The van der Waals surface area contributed by atoms with Crippen molar-refractivity contribution in [3.8, 4) is 5.75 Å². The summed E-state index contributed by atoms with van der Waals surface area (Å²) in [4.78, 5) is 11.4. The van der Waals surface area contributed by atoms with Crippen LogP contribution in [0.25, 0.3) is 0 Å². The Kier molecular flexibility index (Phi) is 5.31. The summed E-state index contributed by atoms with van der Waals surface area (Å²) in [5.41, 5.74) is 0.865. The van der Waals surface area contributed by atoms with Gasteiger partial charge < -0.3 is 5.11 Å². The lowest BCUT2D eigenvalue weighted by Gasteiger charge is -2.08. The van der Waals surface area contributed by atoms with Crippen LogP contribution in [-0.4, -0.2) is 27.3 Å². The minimum absolute atomic E-state index is 0.0102. The van der Waals surface area contributed by atoms with Gasteiger partial charge in [-0.3, -0.25) is 4.79 Å². The summed E-state index contributed by atoms with van der Waals surface area (Å²) in [6, 6.07) is 3.14. The number of nitrogens with zero attached hydrogens (tertiary/aromatic N) is 2. The van der Waals surface area contributed by atoms with Gasteiger partial charge in [-0.15, -0.1) is 10.2 Å². The maximum Gasteiger partial charge on any atom is 0.175 e. The number of aromatic nitrogens is 2. The van der Waals surface area contributed by atoms with Gasteiger partial charge in [-0.1, -0.05) is 46.5 Å². The summed E-state index contributed by atoms with van der Waals surface area (Å²) in [6.45, 7) is 1.40. The first-order chi connectivity index (χ1) is 9.51. The Balaban J connectivity index is 2.18. The van der Waals surface area contributed by atoms with Crippen LogP contribution in [-0.2, 0) is 5.75 Å². The van der Waals surface area contributed by atoms with Crippen molar-refractivity contribution in [2.75, 3.05) is 6.26 Å². The van der Waals surface area contributed by atoms with Crippen molar-refractivity contribution in [3.05, 3.63) is 28.3 Å². The summed E-state index contributed by atoms with van der Waals surface area (Å²) in [6.07, 6.45) is 1.94. The van der Waals surface area contributed by atoms with Crippen LogP contribution < -0.4 is 0 Å². The predicted molar refractivity (Wildman–Crippen MR) is 84.4 cm³/mol. The highest BCUT2D eigenvalue weighted by Gasteiger charge is 2.14. The van der Waals surface area contributed by atoms with Crippen molar-refractivity contribution in [1.29, 1.82) is 0 Å². The van der Waals surface area contributed by atoms with Gasteiger partial charge in [-0.25, -0.2) is 0 Å². The molecule has 0 aliphatic carbocycles. The van der Waals surface area contributed by atoms with Crippen LogP contribution in [0.5, 0.6) is 5.75 Å². The van der Waals surface area contributed by atoms with Crippen LogP contribution in [0.15, 0.2) is 20.8 Å². The SMILES string of the molecule is CSc1nnc(SCc2cc(Cl)cc(C(C)=O)c2O)s1. The van der Waals surface area contributed by atoms with Gasteiger partial charge in [0.25, 0.3) is 0 Å². The Morgan fingerprint density at radius 1 is 1.40 bits per heavy atom. The molecule has 0 unspecified atom stereocenters. The number of benzene rings is 1. The number of carbonyl (C=O) groups excluding carboxylic acids is 1. The number of rotatable bonds is 5. The van der Waals surface area contributed by atoms with Crippen LogP contribution in [0.3, 0.4) is 0 Å². The van der Waals surface area contributed by atoms with Gasteiger partial charge in [0, 0.05) is 16.3 Å². The molecule has 0 radical (unpaired) electrons. The first-order valence-corrected chi connectivity index (χ1v) is 8.94. The molecule has 106 valence electrons. The second-order valence-electron chi connectivity index (χ2n) is 3.84. The van der Waals surface area contributed by atoms with E-state index in [1.54, 1.807) is 6.07 Å². The number of hydrogen-bond donors (Lipinski definition) is 1. The molecule has 0 amide bonds. The highest BCUT2D eigenvalue weighted by atomic mass is 35.5. The van der Waals surface area contributed by atoms with E-state index in [0.717, 1.165) is 8.68 Å². The second kappa shape index (κ2) is 6.80. The highest BCUT2D eigenvalue weighted by Crippen LogP contribution is 2.34. The summed E-state index contributed by atoms with van der Waals surface area (Å²) in [5.74, 6) is 0.260.